The first-order valence-electron chi connectivity index (χ1n) is 5.80. The molecule has 6 nitrogen and oxygen atoms in total. The van der Waals surface area contributed by atoms with Gasteiger partial charge in [0.05, 0.1) is 4.90 Å². The van der Waals surface area contributed by atoms with Crippen LogP contribution in [0.25, 0.3) is 0 Å². The fraction of sp³-hybridized carbons (Fsp3) is 0.417. The zero-order valence-electron chi connectivity index (χ0n) is 11.2. The second-order valence-electron chi connectivity index (χ2n) is 4.00. The molecule has 1 aromatic rings. The third-order valence-electron chi connectivity index (χ3n) is 2.35. The molecule has 0 radical (unpaired) electrons. The van der Waals surface area contributed by atoms with Crippen LogP contribution in [-0.4, -0.2) is 45.9 Å². The van der Waals surface area contributed by atoms with Crippen LogP contribution in [0, 0.1) is 0 Å². The molecule has 0 heterocycles. The second-order valence-corrected chi connectivity index (χ2v) is 6.15. The molecule has 1 aromatic carbocycles. The first-order chi connectivity index (χ1) is 8.87. The van der Waals surface area contributed by atoms with Gasteiger partial charge in [0.25, 0.3) is 5.91 Å². The Hall–Kier alpha value is -1.60. The second kappa shape index (κ2) is 6.53. The molecular weight excluding hydrogens is 268 g/mol. The molecular formula is C12H18N2O4S. The van der Waals surface area contributed by atoms with E-state index >= 15 is 0 Å². The van der Waals surface area contributed by atoms with Crippen molar-refractivity contribution in [3.05, 3.63) is 24.3 Å². The Balaban J connectivity index is 2.70. The predicted molar refractivity (Wildman–Crippen MR) is 71.5 cm³/mol. The normalized spacial score (nSPS) is 11.4. The Morgan fingerprint density at radius 1 is 1.26 bits per heavy atom. The van der Waals surface area contributed by atoms with Crippen LogP contribution < -0.4 is 10.1 Å². The summed E-state index contributed by atoms with van der Waals surface area (Å²) in [4.78, 5) is 11.4. The van der Waals surface area contributed by atoms with Gasteiger partial charge in [-0.3, -0.25) is 4.79 Å². The number of carbonyl (C=O) groups is 1. The van der Waals surface area contributed by atoms with Crippen LogP contribution in [0.3, 0.4) is 0 Å². The van der Waals surface area contributed by atoms with Gasteiger partial charge in [0.1, 0.15) is 5.75 Å². The van der Waals surface area contributed by atoms with Crippen molar-refractivity contribution in [3.8, 4) is 5.75 Å². The van der Waals surface area contributed by atoms with Gasteiger partial charge in [-0.15, -0.1) is 0 Å². The van der Waals surface area contributed by atoms with E-state index in [9.17, 15) is 13.2 Å². The topological polar surface area (TPSA) is 75.7 Å². The van der Waals surface area contributed by atoms with Gasteiger partial charge in [0, 0.05) is 20.6 Å². The molecule has 0 fully saturated rings. The molecule has 0 spiro atoms. The molecule has 19 heavy (non-hydrogen) atoms. The van der Waals surface area contributed by atoms with Crippen molar-refractivity contribution < 1.29 is 17.9 Å². The summed E-state index contributed by atoms with van der Waals surface area (Å²) in [7, 11) is -0.501. The van der Waals surface area contributed by atoms with E-state index in [0.29, 0.717) is 12.3 Å². The number of likely N-dealkylation sites (N-methyl/N-ethyl adjacent to an activating group) is 1. The van der Waals surface area contributed by atoms with Crippen LogP contribution in [0.15, 0.2) is 29.2 Å². The molecule has 0 bridgehead atoms. The van der Waals surface area contributed by atoms with Crippen LogP contribution in [0.1, 0.15) is 6.92 Å². The largest absolute Gasteiger partial charge is 0.484 e. The van der Waals surface area contributed by atoms with Gasteiger partial charge >= 0.3 is 0 Å². The van der Waals surface area contributed by atoms with Gasteiger partial charge in [-0.05, 0) is 31.2 Å². The first-order valence-corrected chi connectivity index (χ1v) is 7.24. The summed E-state index contributed by atoms with van der Waals surface area (Å²) in [5, 5.41) is 2.60. The number of benzene rings is 1. The maximum atomic E-state index is 11.8. The van der Waals surface area contributed by atoms with Crippen LogP contribution in [0.4, 0.5) is 0 Å². The third-order valence-corrected chi connectivity index (χ3v) is 4.18. The van der Waals surface area contributed by atoms with E-state index in [1.807, 2.05) is 6.92 Å². The summed E-state index contributed by atoms with van der Waals surface area (Å²) in [6.07, 6.45) is 0. The van der Waals surface area contributed by atoms with E-state index in [1.54, 1.807) is 0 Å². The Morgan fingerprint density at radius 3 is 2.32 bits per heavy atom. The SMILES string of the molecule is CCNC(=O)COc1ccc(S(=O)(=O)N(C)C)cc1. The van der Waals surface area contributed by atoms with Crippen LogP contribution in [0.5, 0.6) is 5.75 Å². The van der Waals surface area contributed by atoms with Crippen molar-refractivity contribution in [2.45, 2.75) is 11.8 Å². The van der Waals surface area contributed by atoms with Gasteiger partial charge < -0.3 is 10.1 Å². The van der Waals surface area contributed by atoms with E-state index in [4.69, 9.17) is 4.74 Å². The summed E-state index contributed by atoms with van der Waals surface area (Å²) in [5.74, 6) is 0.233. The minimum Gasteiger partial charge on any atom is -0.484 e. The molecule has 7 heteroatoms. The lowest BCUT2D eigenvalue weighted by atomic mass is 10.3. The fourth-order valence-electron chi connectivity index (χ4n) is 1.32. The van der Waals surface area contributed by atoms with Gasteiger partial charge in [0.2, 0.25) is 10.0 Å². The molecule has 0 aromatic heterocycles. The molecule has 0 unspecified atom stereocenters. The summed E-state index contributed by atoms with van der Waals surface area (Å²) in [6.45, 7) is 2.27. The molecule has 0 saturated carbocycles. The van der Waals surface area contributed by atoms with Crippen LogP contribution >= 0.6 is 0 Å². The summed E-state index contributed by atoms with van der Waals surface area (Å²) < 4.78 is 30.0. The number of nitrogens with one attached hydrogen (secondary N) is 1. The number of carbonyl (C=O) groups excluding carboxylic acids is 1. The van der Waals surface area contributed by atoms with E-state index in [0.717, 1.165) is 4.31 Å². The summed E-state index contributed by atoms with van der Waals surface area (Å²) in [5.41, 5.74) is 0. The highest BCUT2D eigenvalue weighted by atomic mass is 32.2. The van der Waals surface area contributed by atoms with Gasteiger partial charge in [-0.2, -0.15) is 0 Å². The number of ether oxygens (including phenoxy) is 1. The molecule has 0 aliphatic heterocycles. The minimum atomic E-state index is -3.44. The Labute approximate surface area is 113 Å². The Morgan fingerprint density at radius 2 is 1.84 bits per heavy atom. The lowest BCUT2D eigenvalue weighted by molar-refractivity contribution is -0.122. The van der Waals surface area contributed by atoms with Crippen molar-refractivity contribution in [2.24, 2.45) is 0 Å². The molecule has 0 saturated heterocycles. The molecule has 1 amide bonds. The number of hydrogen-bond acceptors (Lipinski definition) is 4. The van der Waals surface area contributed by atoms with E-state index in [2.05, 4.69) is 5.32 Å². The molecule has 0 aliphatic carbocycles. The van der Waals surface area contributed by atoms with Gasteiger partial charge in [-0.25, -0.2) is 12.7 Å². The molecule has 106 valence electrons. The maximum Gasteiger partial charge on any atom is 0.257 e. The minimum absolute atomic E-state index is 0.0897. The smallest absolute Gasteiger partial charge is 0.257 e. The van der Waals surface area contributed by atoms with Crippen molar-refractivity contribution in [1.82, 2.24) is 9.62 Å². The number of sulfonamides is 1. The highest BCUT2D eigenvalue weighted by Gasteiger charge is 2.16. The third kappa shape index (κ3) is 4.22. The quantitative estimate of drug-likeness (QED) is 0.824. The van der Waals surface area contributed by atoms with Gasteiger partial charge in [-0.1, -0.05) is 0 Å². The standard InChI is InChI=1S/C12H18N2O4S/c1-4-13-12(15)9-18-10-5-7-11(8-6-10)19(16,17)14(2)3/h5-8H,4,9H2,1-3H3,(H,13,15). The highest BCUT2D eigenvalue weighted by molar-refractivity contribution is 7.89. The summed E-state index contributed by atoms with van der Waals surface area (Å²) in [6, 6.07) is 5.94. The Bertz CT molecular complexity index is 523. The van der Waals surface area contributed by atoms with Crippen molar-refractivity contribution in [1.29, 1.82) is 0 Å². The zero-order chi connectivity index (χ0) is 14.5. The maximum absolute atomic E-state index is 11.8. The molecule has 1 N–H and O–H groups in total. The monoisotopic (exact) mass is 286 g/mol. The van der Waals surface area contributed by atoms with Crippen LogP contribution in [0.2, 0.25) is 0 Å². The first kappa shape index (κ1) is 15.5. The van der Waals surface area contributed by atoms with Crippen molar-refractivity contribution in [2.75, 3.05) is 27.2 Å². The number of amides is 1. The fourth-order valence-corrected chi connectivity index (χ4v) is 2.22. The lowest BCUT2D eigenvalue weighted by Crippen LogP contribution is -2.28. The van der Waals surface area contributed by atoms with E-state index < -0.39 is 10.0 Å². The van der Waals surface area contributed by atoms with Gasteiger partial charge in [0.15, 0.2) is 6.61 Å². The van der Waals surface area contributed by atoms with Crippen molar-refractivity contribution in [3.63, 3.8) is 0 Å². The highest BCUT2D eigenvalue weighted by Crippen LogP contribution is 2.17. The molecule has 1 rings (SSSR count). The average Bonchev–Trinajstić information content (AvgIpc) is 2.37. The predicted octanol–water partition coefficient (Wildman–Crippen LogP) is 0.452. The van der Waals surface area contributed by atoms with Crippen LogP contribution in [-0.2, 0) is 14.8 Å². The van der Waals surface area contributed by atoms with E-state index in [1.165, 1.54) is 38.4 Å². The van der Waals surface area contributed by atoms with E-state index in [-0.39, 0.29) is 17.4 Å². The molecule has 0 aliphatic rings. The number of rotatable bonds is 6. The lowest BCUT2D eigenvalue weighted by Gasteiger charge is -2.12. The number of hydrogen-bond donors (Lipinski definition) is 1. The summed E-state index contributed by atoms with van der Waals surface area (Å²) >= 11 is 0. The zero-order valence-corrected chi connectivity index (χ0v) is 12.0. The van der Waals surface area contributed by atoms with Crippen molar-refractivity contribution >= 4 is 15.9 Å². The number of nitrogens with zero attached hydrogens (tertiary/aromatic N) is 1. The molecule has 0 atom stereocenters. The average molecular weight is 286 g/mol. The Kier molecular flexibility index (Phi) is 5.31.